The van der Waals surface area contributed by atoms with E-state index < -0.39 is 5.97 Å². The summed E-state index contributed by atoms with van der Waals surface area (Å²) in [5.74, 6) is 1.24. The summed E-state index contributed by atoms with van der Waals surface area (Å²) in [6, 6.07) is 17.7. The molecule has 0 fully saturated rings. The van der Waals surface area contributed by atoms with Gasteiger partial charge in [-0.3, -0.25) is 0 Å². The second kappa shape index (κ2) is 10.2. The van der Waals surface area contributed by atoms with Crippen LogP contribution in [0.2, 0.25) is 0 Å². The van der Waals surface area contributed by atoms with E-state index in [1.54, 1.807) is 6.08 Å². The molecule has 5 nitrogen and oxygen atoms in total. The van der Waals surface area contributed by atoms with Crippen LogP contribution in [0, 0.1) is 3.57 Å². The minimum atomic E-state index is -0.468. The van der Waals surface area contributed by atoms with E-state index in [9.17, 15) is 4.79 Å². The number of rotatable bonds is 8. The fourth-order valence-corrected chi connectivity index (χ4v) is 4.27. The first-order chi connectivity index (χ1) is 15.6. The Hall–Kier alpha value is -2.87. The average molecular weight is 541 g/mol. The summed E-state index contributed by atoms with van der Waals surface area (Å²) in [6.07, 6.45) is 3.76. The monoisotopic (exact) mass is 541 g/mol. The molecule has 0 unspecified atom stereocenters. The number of ether oxygens (including phenoxy) is 3. The van der Waals surface area contributed by atoms with Crippen molar-refractivity contribution in [1.82, 2.24) is 0 Å². The molecule has 0 radical (unpaired) electrons. The first-order valence-electron chi connectivity index (χ1n) is 10.7. The van der Waals surface area contributed by atoms with Gasteiger partial charge in [-0.25, -0.2) is 9.79 Å². The molecule has 6 heteroatoms. The van der Waals surface area contributed by atoms with Gasteiger partial charge in [0, 0.05) is 5.56 Å². The maximum Gasteiger partial charge on any atom is 0.363 e. The van der Waals surface area contributed by atoms with Crippen LogP contribution >= 0.6 is 22.6 Å². The Labute approximate surface area is 201 Å². The van der Waals surface area contributed by atoms with E-state index in [2.05, 4.69) is 34.5 Å². The number of fused-ring (bicyclic) bond motifs is 1. The van der Waals surface area contributed by atoms with Gasteiger partial charge in [0.05, 0.1) is 16.8 Å². The lowest BCUT2D eigenvalue weighted by molar-refractivity contribution is -0.129. The molecule has 1 heterocycles. The topological polar surface area (TPSA) is 57.1 Å². The highest BCUT2D eigenvalue weighted by Gasteiger charge is 2.25. The Morgan fingerprint density at radius 1 is 1.06 bits per heavy atom. The predicted octanol–water partition coefficient (Wildman–Crippen LogP) is 6.37. The molecule has 1 aliphatic heterocycles. The molecule has 0 saturated heterocycles. The van der Waals surface area contributed by atoms with Gasteiger partial charge in [0.2, 0.25) is 5.90 Å². The molecule has 0 saturated carbocycles. The SMILES string of the molecule is CCCCOc1c(I)cc(/C=C2/N=C(c3cccc4ccccc34)OC2=O)cc1OCC. The van der Waals surface area contributed by atoms with E-state index in [1.165, 1.54) is 0 Å². The molecule has 3 aromatic carbocycles. The van der Waals surface area contributed by atoms with Crippen molar-refractivity contribution in [1.29, 1.82) is 0 Å². The zero-order valence-corrected chi connectivity index (χ0v) is 20.2. The number of aliphatic imine (C=N–C) groups is 1. The van der Waals surface area contributed by atoms with Crippen LogP contribution in [0.15, 0.2) is 65.3 Å². The van der Waals surface area contributed by atoms with Crippen LogP contribution in [0.1, 0.15) is 37.8 Å². The van der Waals surface area contributed by atoms with Crippen LogP contribution in [0.5, 0.6) is 11.5 Å². The highest BCUT2D eigenvalue weighted by Crippen LogP contribution is 2.35. The third-order valence-corrected chi connectivity index (χ3v) is 5.82. The number of carbonyl (C=O) groups excluding carboxylic acids is 1. The normalized spacial score (nSPS) is 14.5. The number of carbonyl (C=O) groups is 1. The van der Waals surface area contributed by atoms with Crippen molar-refractivity contribution in [2.24, 2.45) is 4.99 Å². The van der Waals surface area contributed by atoms with Crippen LogP contribution < -0.4 is 9.47 Å². The Bertz CT molecular complexity index is 1210. The van der Waals surface area contributed by atoms with Crippen LogP contribution in [0.3, 0.4) is 0 Å². The van der Waals surface area contributed by atoms with Gasteiger partial charge < -0.3 is 14.2 Å². The first-order valence-corrected chi connectivity index (χ1v) is 11.8. The zero-order valence-electron chi connectivity index (χ0n) is 18.1. The molecule has 1 aliphatic rings. The molecular weight excluding hydrogens is 517 g/mol. The number of cyclic esters (lactones) is 1. The summed E-state index contributed by atoms with van der Waals surface area (Å²) in [5.41, 5.74) is 1.85. The average Bonchev–Trinajstić information content (AvgIpc) is 3.15. The zero-order chi connectivity index (χ0) is 22.5. The highest BCUT2D eigenvalue weighted by atomic mass is 127. The predicted molar refractivity (Wildman–Crippen MR) is 135 cm³/mol. The summed E-state index contributed by atoms with van der Waals surface area (Å²) in [4.78, 5) is 17.1. The van der Waals surface area contributed by atoms with Crippen molar-refractivity contribution in [3.8, 4) is 11.5 Å². The maximum absolute atomic E-state index is 12.6. The van der Waals surface area contributed by atoms with Crippen LogP contribution in [-0.4, -0.2) is 25.1 Å². The van der Waals surface area contributed by atoms with Gasteiger partial charge in [-0.05, 0) is 76.5 Å². The third-order valence-electron chi connectivity index (χ3n) is 5.02. The number of unbranched alkanes of at least 4 members (excludes halogenated alkanes) is 1. The van der Waals surface area contributed by atoms with Crippen LogP contribution in [-0.2, 0) is 9.53 Å². The molecule has 0 N–H and O–H groups in total. The first kappa shape index (κ1) is 22.3. The number of halogens is 1. The lowest BCUT2D eigenvalue weighted by Crippen LogP contribution is -2.06. The van der Waals surface area contributed by atoms with E-state index in [0.29, 0.717) is 24.9 Å². The Balaban J connectivity index is 1.68. The molecule has 0 amide bonds. The lowest BCUT2D eigenvalue weighted by atomic mass is 10.0. The van der Waals surface area contributed by atoms with Crippen molar-refractivity contribution in [2.45, 2.75) is 26.7 Å². The fourth-order valence-electron chi connectivity index (χ4n) is 3.49. The van der Waals surface area contributed by atoms with Crippen molar-refractivity contribution in [3.05, 3.63) is 75.0 Å². The standard InChI is InChI=1S/C26H24INO4/c1-3-5-13-31-24-21(27)14-17(16-23(24)30-4-2)15-22-26(29)32-25(28-22)20-12-8-10-18-9-6-7-11-19(18)20/h6-12,14-16H,3-5,13H2,1-2H3/b22-15+. The largest absolute Gasteiger partial charge is 0.490 e. The number of nitrogens with zero attached hydrogens (tertiary/aromatic N) is 1. The molecule has 0 aliphatic carbocycles. The number of benzene rings is 3. The van der Waals surface area contributed by atoms with Crippen molar-refractivity contribution < 1.29 is 19.0 Å². The van der Waals surface area contributed by atoms with Crippen molar-refractivity contribution >= 4 is 51.3 Å². The minimum Gasteiger partial charge on any atom is -0.490 e. The fraction of sp³-hybridized carbons (Fsp3) is 0.231. The molecular formula is C26H24INO4. The molecule has 3 aromatic rings. The summed E-state index contributed by atoms with van der Waals surface area (Å²) >= 11 is 2.23. The van der Waals surface area contributed by atoms with Gasteiger partial charge in [0.25, 0.3) is 0 Å². The summed E-state index contributed by atoms with van der Waals surface area (Å²) in [6.45, 7) is 5.22. The third kappa shape index (κ3) is 4.80. The molecule has 32 heavy (non-hydrogen) atoms. The van der Waals surface area contributed by atoms with E-state index in [0.717, 1.165) is 44.1 Å². The lowest BCUT2D eigenvalue weighted by Gasteiger charge is -2.14. The van der Waals surface area contributed by atoms with Crippen LogP contribution in [0.25, 0.3) is 16.8 Å². The Morgan fingerprint density at radius 3 is 2.69 bits per heavy atom. The minimum absolute atomic E-state index is 0.255. The van der Waals surface area contributed by atoms with Crippen LogP contribution in [0.4, 0.5) is 0 Å². The summed E-state index contributed by atoms with van der Waals surface area (Å²) in [7, 11) is 0. The summed E-state index contributed by atoms with van der Waals surface area (Å²) in [5, 5.41) is 2.06. The van der Waals surface area contributed by atoms with Gasteiger partial charge in [0.15, 0.2) is 17.2 Å². The van der Waals surface area contributed by atoms with Crippen molar-refractivity contribution in [2.75, 3.05) is 13.2 Å². The molecule has 0 spiro atoms. The maximum atomic E-state index is 12.6. The second-order valence-electron chi connectivity index (χ2n) is 7.33. The van der Waals surface area contributed by atoms with Crippen molar-refractivity contribution in [3.63, 3.8) is 0 Å². The van der Waals surface area contributed by atoms with Gasteiger partial charge in [0.1, 0.15) is 0 Å². The van der Waals surface area contributed by atoms with Gasteiger partial charge in [-0.15, -0.1) is 0 Å². The van der Waals surface area contributed by atoms with E-state index in [4.69, 9.17) is 14.2 Å². The van der Waals surface area contributed by atoms with Gasteiger partial charge >= 0.3 is 5.97 Å². The van der Waals surface area contributed by atoms with Gasteiger partial charge in [-0.1, -0.05) is 49.7 Å². The molecule has 0 atom stereocenters. The second-order valence-corrected chi connectivity index (χ2v) is 8.49. The smallest absolute Gasteiger partial charge is 0.363 e. The number of hydrogen-bond donors (Lipinski definition) is 0. The number of hydrogen-bond acceptors (Lipinski definition) is 5. The quantitative estimate of drug-likeness (QED) is 0.144. The molecule has 164 valence electrons. The molecule has 0 aromatic heterocycles. The van der Waals surface area contributed by atoms with Gasteiger partial charge in [-0.2, -0.15) is 0 Å². The van der Waals surface area contributed by atoms with E-state index >= 15 is 0 Å². The Kier molecular flexibility index (Phi) is 7.09. The Morgan fingerprint density at radius 2 is 1.88 bits per heavy atom. The molecule has 0 bridgehead atoms. The molecule has 4 rings (SSSR count). The highest BCUT2D eigenvalue weighted by molar-refractivity contribution is 14.1. The van der Waals surface area contributed by atoms with E-state index in [-0.39, 0.29) is 5.70 Å². The van der Waals surface area contributed by atoms with E-state index in [1.807, 2.05) is 61.5 Å². The number of esters is 1. The summed E-state index contributed by atoms with van der Waals surface area (Å²) < 4.78 is 18.2.